The van der Waals surface area contributed by atoms with Gasteiger partial charge in [0.1, 0.15) is 0 Å². The van der Waals surface area contributed by atoms with Crippen LogP contribution in [0.1, 0.15) is 0 Å². The summed E-state index contributed by atoms with van der Waals surface area (Å²) in [5.41, 5.74) is 0. The first-order valence-corrected chi connectivity index (χ1v) is 12.4. The number of fused-ring (bicyclic) bond motifs is 2. The van der Waals surface area contributed by atoms with Gasteiger partial charge in [0.2, 0.25) is 0 Å². The summed E-state index contributed by atoms with van der Waals surface area (Å²) in [4.78, 5) is 18.3. The van der Waals surface area contributed by atoms with Gasteiger partial charge in [-0.1, -0.05) is 25.2 Å². The Morgan fingerprint density at radius 3 is 1.38 bits per heavy atom. The molecule has 158 valence electrons. The average molecular weight is 474 g/mol. The predicted molar refractivity (Wildman–Crippen MR) is 129 cm³/mol. The maximum atomic E-state index is 9.13. The van der Waals surface area contributed by atoms with Gasteiger partial charge in [-0.2, -0.15) is 22.9 Å². The molecule has 0 spiro atoms. The molecule has 0 saturated carbocycles. The first-order chi connectivity index (χ1) is 14.7. The molecule has 0 unspecified atom stereocenters. The zero-order chi connectivity index (χ0) is 23.0. The van der Waals surface area contributed by atoms with E-state index in [0.29, 0.717) is 0 Å². The van der Waals surface area contributed by atoms with Crippen LogP contribution in [0.25, 0.3) is 21.5 Å². The molecule has 0 bridgehead atoms. The summed E-state index contributed by atoms with van der Waals surface area (Å²) < 4.78 is 0. The van der Waals surface area contributed by atoms with Gasteiger partial charge in [0.05, 0.1) is 8.07 Å². The van der Waals surface area contributed by atoms with Gasteiger partial charge in [0.15, 0.2) is 0 Å². The van der Waals surface area contributed by atoms with Crippen molar-refractivity contribution in [2.45, 2.75) is 13.1 Å². The van der Waals surface area contributed by atoms with Gasteiger partial charge in [-0.3, -0.25) is 0 Å². The van der Waals surface area contributed by atoms with E-state index in [-0.39, 0.29) is 21.7 Å². The van der Waals surface area contributed by atoms with E-state index in [1.54, 1.807) is 0 Å². The Bertz CT molecular complexity index is 1130. The molecule has 0 aliphatic heterocycles. The number of terminal acetylenes is 2. The van der Waals surface area contributed by atoms with Crippen LogP contribution in [-0.2, 0) is 31.3 Å². The van der Waals surface area contributed by atoms with Crippen LogP contribution in [0.5, 0.6) is 0 Å². The van der Waals surface area contributed by atoms with Crippen LogP contribution in [0.15, 0.2) is 72.8 Å². The Morgan fingerprint density at radius 1 is 0.781 bits per heavy atom. The van der Waals surface area contributed by atoms with Crippen LogP contribution in [0.4, 0.5) is 0 Å². The zero-order valence-corrected chi connectivity index (χ0v) is 20.4. The third kappa shape index (κ3) is 6.84. The summed E-state index contributed by atoms with van der Waals surface area (Å²) >= 11 is 0. The smallest absolute Gasteiger partial charge is 0.472 e. The minimum atomic E-state index is -1.62. The van der Waals surface area contributed by atoms with E-state index in [2.05, 4.69) is 98.7 Å². The predicted octanol–water partition coefficient (Wildman–Crippen LogP) is 3.66. The number of aliphatic carboxylic acids is 2. The number of benzene rings is 2. The number of hydrogen-bond donors (Lipinski definition) is 2. The largest absolute Gasteiger partial charge is 2.00 e. The topological polar surface area (TPSA) is 74.6 Å². The third-order valence-electron chi connectivity index (χ3n) is 4.93. The first-order valence-electron chi connectivity index (χ1n) is 9.40. The Morgan fingerprint density at radius 2 is 1.09 bits per heavy atom. The summed E-state index contributed by atoms with van der Waals surface area (Å²) in [7, 11) is -1.62. The molecule has 0 fully saturated rings. The van der Waals surface area contributed by atoms with E-state index in [1.165, 1.54) is 43.8 Å². The zero-order valence-electron chi connectivity index (χ0n) is 17.8. The van der Waals surface area contributed by atoms with Crippen LogP contribution in [0, 0.1) is 24.7 Å². The van der Waals surface area contributed by atoms with Crippen molar-refractivity contribution in [3.63, 3.8) is 0 Å². The first kappa shape index (κ1) is 26.7. The molecule has 0 saturated heterocycles. The monoisotopic (exact) mass is 474 g/mol. The molecule has 0 aliphatic carbocycles. The van der Waals surface area contributed by atoms with Gasteiger partial charge < -0.3 is 10.2 Å². The van der Waals surface area contributed by atoms with E-state index in [1.807, 2.05) is 0 Å². The fourth-order valence-electron chi connectivity index (χ4n) is 3.19. The molecule has 4 aromatic carbocycles. The second-order valence-corrected chi connectivity index (χ2v) is 11.7. The van der Waals surface area contributed by atoms with Crippen molar-refractivity contribution in [3.8, 4) is 24.7 Å². The quantitative estimate of drug-likeness (QED) is 0.264. The third-order valence-corrected chi connectivity index (χ3v) is 8.39. The summed E-state index contributed by atoms with van der Waals surface area (Å²) in [5.74, 6) is 0.454. The number of carboxylic acid groups (broad SMARTS) is 2. The molecule has 6 heteroatoms. The Hall–Kier alpha value is -3.35. The molecular formula is C26H22O4SiTi. The number of carboxylic acids is 2. The van der Waals surface area contributed by atoms with E-state index in [9.17, 15) is 0 Å². The van der Waals surface area contributed by atoms with Crippen molar-refractivity contribution in [1.29, 1.82) is 0 Å². The molecule has 32 heavy (non-hydrogen) atoms. The van der Waals surface area contributed by atoms with Gasteiger partial charge in [-0.05, 0) is 0 Å². The molecule has 0 aliphatic rings. The molecule has 2 N–H and O–H groups in total. The van der Waals surface area contributed by atoms with E-state index in [4.69, 9.17) is 19.8 Å². The van der Waals surface area contributed by atoms with E-state index >= 15 is 0 Å². The SMILES string of the molecule is C#CC(=O)O.C#CC(=O)O.C[Si](C)(c1cc2ccccc2[cH-]1)c1cc2ccccc2[cH-]1.[Ti+2]. The number of carbonyl (C=O) groups is 2. The Labute approximate surface area is 203 Å². The average Bonchev–Trinajstić information content (AvgIpc) is 3.39. The molecule has 4 aromatic rings. The number of hydrogen-bond acceptors (Lipinski definition) is 2. The van der Waals surface area contributed by atoms with Crippen molar-refractivity contribution in [3.05, 3.63) is 72.8 Å². The van der Waals surface area contributed by atoms with Crippen molar-refractivity contribution < 1.29 is 41.5 Å². The summed E-state index contributed by atoms with van der Waals surface area (Å²) in [6.45, 7) is 4.91. The maximum Gasteiger partial charge on any atom is 2.00 e. The number of rotatable bonds is 2. The minimum absolute atomic E-state index is 0. The summed E-state index contributed by atoms with van der Waals surface area (Å²) in [6, 6.07) is 26.9. The molecule has 4 nitrogen and oxygen atoms in total. The normalized spacial score (nSPS) is 9.75. The summed E-state index contributed by atoms with van der Waals surface area (Å²) in [5, 5.41) is 23.5. The van der Waals surface area contributed by atoms with Crippen molar-refractivity contribution in [2.75, 3.05) is 0 Å². The van der Waals surface area contributed by atoms with Crippen molar-refractivity contribution >= 4 is 51.9 Å². The molecular weight excluding hydrogens is 452 g/mol. The van der Waals surface area contributed by atoms with Gasteiger partial charge in [0, 0.05) is 11.8 Å². The molecule has 0 amide bonds. The van der Waals surface area contributed by atoms with Crippen molar-refractivity contribution in [2.24, 2.45) is 0 Å². The summed E-state index contributed by atoms with van der Waals surface area (Å²) in [6.07, 6.45) is 8.64. The van der Waals surface area contributed by atoms with Crippen LogP contribution < -0.4 is 10.4 Å². The fraction of sp³-hybridized carbons (Fsp3) is 0.0769. The van der Waals surface area contributed by atoms with Gasteiger partial charge in [-0.15, -0.1) is 82.5 Å². The van der Waals surface area contributed by atoms with Crippen LogP contribution in [-0.4, -0.2) is 30.2 Å². The molecule has 0 aromatic heterocycles. The molecule has 0 radical (unpaired) electrons. The van der Waals surface area contributed by atoms with E-state index in [0.717, 1.165) is 0 Å². The minimum Gasteiger partial charge on any atom is -0.472 e. The molecule has 0 atom stereocenters. The fourth-order valence-corrected chi connectivity index (χ4v) is 5.59. The van der Waals surface area contributed by atoms with Crippen LogP contribution in [0.2, 0.25) is 13.1 Å². The van der Waals surface area contributed by atoms with E-state index < -0.39 is 20.0 Å². The van der Waals surface area contributed by atoms with Gasteiger partial charge in [0.25, 0.3) is 0 Å². The Balaban J connectivity index is 0.000000396. The standard InChI is InChI=1S/C20H18Si.2C3H2O2.Ti/c1-21(2,19-11-15-7-3-4-8-16(15)12-19)20-13-17-9-5-6-10-18(17)14-20;2*1-2-3(4)5;/h3-14H,1-2H3;2*1H,(H,4,5);/q-2;;;+2. The maximum absolute atomic E-state index is 9.13. The second-order valence-electron chi connectivity index (χ2n) is 7.27. The molecule has 0 heterocycles. The van der Waals surface area contributed by atoms with Gasteiger partial charge in [-0.25, -0.2) is 9.59 Å². The Kier molecular flexibility index (Phi) is 9.91. The molecule has 4 rings (SSSR count). The van der Waals surface area contributed by atoms with Crippen LogP contribution in [0.3, 0.4) is 0 Å². The van der Waals surface area contributed by atoms with Crippen LogP contribution >= 0.6 is 0 Å². The van der Waals surface area contributed by atoms with Gasteiger partial charge >= 0.3 is 33.7 Å². The second kappa shape index (κ2) is 11.9. The van der Waals surface area contributed by atoms with Crippen molar-refractivity contribution in [1.82, 2.24) is 0 Å².